The lowest BCUT2D eigenvalue weighted by Crippen LogP contribution is -2.42. The van der Waals surface area contributed by atoms with Crippen molar-refractivity contribution in [3.05, 3.63) is 45.5 Å². The van der Waals surface area contributed by atoms with E-state index in [2.05, 4.69) is 24.2 Å². The van der Waals surface area contributed by atoms with Gasteiger partial charge in [-0.05, 0) is 37.5 Å². The Labute approximate surface area is 201 Å². The van der Waals surface area contributed by atoms with E-state index in [9.17, 15) is 9.59 Å². The van der Waals surface area contributed by atoms with Crippen LogP contribution in [-0.2, 0) is 9.59 Å². The molecule has 1 atom stereocenters. The Bertz CT molecular complexity index is 953. The van der Waals surface area contributed by atoms with Crippen molar-refractivity contribution in [1.29, 1.82) is 0 Å². The SMILES string of the molecule is C/C=C1/C(=O)C(C(=O)NCCC(C)CCCC)=C2Sc3ccc(Cl)cc3N2C1=NC.CC. The van der Waals surface area contributed by atoms with Gasteiger partial charge in [0.15, 0.2) is 0 Å². The summed E-state index contributed by atoms with van der Waals surface area (Å²) in [7, 11) is 1.65. The number of thioether (sulfide) groups is 1. The number of hydrogen-bond donors (Lipinski definition) is 1. The van der Waals surface area contributed by atoms with Gasteiger partial charge in [-0.25, -0.2) is 0 Å². The molecule has 0 aromatic heterocycles. The molecule has 1 aromatic carbocycles. The number of rotatable bonds is 7. The van der Waals surface area contributed by atoms with Gasteiger partial charge in [0, 0.05) is 23.5 Å². The number of nitrogens with one attached hydrogen (secondary N) is 1. The van der Waals surface area contributed by atoms with Crippen molar-refractivity contribution in [3.8, 4) is 0 Å². The highest BCUT2D eigenvalue weighted by Gasteiger charge is 2.43. The minimum atomic E-state index is -0.330. The van der Waals surface area contributed by atoms with Crippen molar-refractivity contribution >= 4 is 46.6 Å². The summed E-state index contributed by atoms with van der Waals surface area (Å²) in [6, 6.07) is 5.56. The largest absolute Gasteiger partial charge is 0.352 e. The summed E-state index contributed by atoms with van der Waals surface area (Å²) < 4.78 is 0. The Morgan fingerprint density at radius 2 is 2.03 bits per heavy atom. The number of amides is 1. The molecule has 0 fully saturated rings. The maximum atomic E-state index is 13.2. The van der Waals surface area contributed by atoms with Gasteiger partial charge in [-0.15, -0.1) is 0 Å². The summed E-state index contributed by atoms with van der Waals surface area (Å²) in [4.78, 5) is 33.5. The van der Waals surface area contributed by atoms with Crippen LogP contribution < -0.4 is 10.2 Å². The number of allylic oxidation sites excluding steroid dienone is 1. The van der Waals surface area contributed by atoms with Crippen molar-refractivity contribution in [1.82, 2.24) is 5.32 Å². The molecular formula is C25H34ClN3O2S. The topological polar surface area (TPSA) is 61.8 Å². The Balaban J connectivity index is 0.00000176. The molecule has 32 heavy (non-hydrogen) atoms. The fourth-order valence-corrected chi connectivity index (χ4v) is 5.07. The van der Waals surface area contributed by atoms with Crippen molar-refractivity contribution in [2.24, 2.45) is 10.9 Å². The first-order valence-electron chi connectivity index (χ1n) is 11.4. The molecule has 1 aromatic rings. The van der Waals surface area contributed by atoms with Crippen LogP contribution in [0.4, 0.5) is 5.69 Å². The molecule has 2 aliphatic rings. The zero-order valence-corrected chi connectivity index (χ0v) is 21.5. The number of nitrogens with zero attached hydrogens (tertiary/aromatic N) is 2. The fraction of sp³-hybridized carbons (Fsp3) is 0.480. The lowest BCUT2D eigenvalue weighted by Gasteiger charge is -2.29. The maximum Gasteiger partial charge on any atom is 0.258 e. The monoisotopic (exact) mass is 475 g/mol. The second-order valence-corrected chi connectivity index (χ2v) is 9.07. The van der Waals surface area contributed by atoms with E-state index < -0.39 is 0 Å². The average Bonchev–Trinajstić information content (AvgIpc) is 3.15. The lowest BCUT2D eigenvalue weighted by molar-refractivity contribution is -0.121. The summed E-state index contributed by atoms with van der Waals surface area (Å²) >= 11 is 7.63. The van der Waals surface area contributed by atoms with E-state index in [1.165, 1.54) is 24.6 Å². The summed E-state index contributed by atoms with van der Waals surface area (Å²) in [5.74, 6) is 0.463. The van der Waals surface area contributed by atoms with Crippen LogP contribution in [0.5, 0.6) is 0 Å². The molecule has 1 N–H and O–H groups in total. The third-order valence-corrected chi connectivity index (χ3v) is 6.79. The lowest BCUT2D eigenvalue weighted by atomic mass is 9.96. The summed E-state index contributed by atoms with van der Waals surface area (Å²) in [6.45, 7) is 10.7. The summed E-state index contributed by atoms with van der Waals surface area (Å²) in [6.07, 6.45) is 6.13. The Morgan fingerprint density at radius 3 is 2.66 bits per heavy atom. The molecule has 2 aliphatic heterocycles. The molecule has 0 radical (unpaired) electrons. The van der Waals surface area contributed by atoms with Crippen LogP contribution >= 0.6 is 23.4 Å². The molecule has 0 spiro atoms. The van der Waals surface area contributed by atoms with Crippen LogP contribution in [0, 0.1) is 5.92 Å². The number of fused-ring (bicyclic) bond motifs is 3. The highest BCUT2D eigenvalue weighted by atomic mass is 35.5. The van der Waals surface area contributed by atoms with Crippen molar-refractivity contribution < 1.29 is 9.59 Å². The molecule has 7 heteroatoms. The number of benzene rings is 1. The van der Waals surface area contributed by atoms with Gasteiger partial charge in [-0.1, -0.05) is 76.4 Å². The number of anilines is 1. The van der Waals surface area contributed by atoms with Gasteiger partial charge in [0.25, 0.3) is 5.91 Å². The average molecular weight is 476 g/mol. The molecule has 0 aliphatic carbocycles. The zero-order valence-electron chi connectivity index (χ0n) is 19.9. The number of carbonyl (C=O) groups excluding carboxylic acids is 2. The van der Waals surface area contributed by atoms with Crippen LogP contribution in [0.3, 0.4) is 0 Å². The molecule has 3 rings (SSSR count). The minimum absolute atomic E-state index is 0.175. The highest BCUT2D eigenvalue weighted by molar-refractivity contribution is 8.04. The van der Waals surface area contributed by atoms with Gasteiger partial charge in [0.1, 0.15) is 16.4 Å². The van der Waals surface area contributed by atoms with E-state index in [-0.39, 0.29) is 17.3 Å². The van der Waals surface area contributed by atoms with Crippen molar-refractivity contribution in [2.75, 3.05) is 18.5 Å². The van der Waals surface area contributed by atoms with E-state index in [4.69, 9.17) is 11.6 Å². The normalized spacial score (nSPS) is 18.3. The van der Waals surface area contributed by atoms with E-state index in [1.807, 2.05) is 36.9 Å². The first-order valence-corrected chi connectivity index (χ1v) is 12.6. The van der Waals surface area contributed by atoms with E-state index >= 15 is 0 Å². The molecule has 5 nitrogen and oxygen atoms in total. The minimum Gasteiger partial charge on any atom is -0.352 e. The number of ketones is 1. The standard InChI is InChI=1S/C23H28ClN3O2S.C2H6/c1-5-7-8-14(3)11-12-26-22(29)19-20(28)16(6-2)21(25-4)27-17-13-15(24)9-10-18(17)30-23(19)27;1-2/h6,9-10,13-14H,5,7-8,11-12H2,1-4H3,(H,26,29);1-2H3/b16-6-,25-21?;. The van der Waals surface area contributed by atoms with Crippen LogP contribution in [-0.4, -0.2) is 31.1 Å². The molecule has 2 heterocycles. The Kier molecular flexibility index (Phi) is 10.0. The number of Topliss-reactive ketones (excluding diaryl/α,β-unsaturated/α-hetero) is 1. The Hall–Kier alpha value is -2.05. The molecule has 1 unspecified atom stereocenters. The van der Waals surface area contributed by atoms with Gasteiger partial charge in [0.2, 0.25) is 5.78 Å². The van der Waals surface area contributed by atoms with Crippen LogP contribution in [0.25, 0.3) is 0 Å². The first kappa shape index (κ1) is 26.2. The predicted molar refractivity (Wildman–Crippen MR) is 137 cm³/mol. The molecular weight excluding hydrogens is 442 g/mol. The first-order chi connectivity index (χ1) is 15.4. The third kappa shape index (κ3) is 5.46. The van der Waals surface area contributed by atoms with Gasteiger partial charge in [-0.3, -0.25) is 19.5 Å². The van der Waals surface area contributed by atoms with E-state index in [1.54, 1.807) is 20.0 Å². The number of unbranched alkanes of at least 4 members (excludes halogenated alkanes) is 1. The second-order valence-electron chi connectivity index (χ2n) is 7.60. The maximum absolute atomic E-state index is 13.2. The fourth-order valence-electron chi connectivity index (χ4n) is 3.74. The Morgan fingerprint density at radius 1 is 1.31 bits per heavy atom. The summed E-state index contributed by atoms with van der Waals surface area (Å²) in [5.41, 5.74) is 1.44. The molecule has 0 saturated carbocycles. The second kappa shape index (κ2) is 12.3. The zero-order chi connectivity index (χ0) is 23.8. The van der Waals surface area contributed by atoms with E-state index in [0.717, 1.165) is 23.4 Å². The molecule has 1 amide bonds. The van der Waals surface area contributed by atoms with Gasteiger partial charge >= 0.3 is 0 Å². The molecule has 0 bridgehead atoms. The molecule has 174 valence electrons. The van der Waals surface area contributed by atoms with Gasteiger partial charge < -0.3 is 5.32 Å². The van der Waals surface area contributed by atoms with Gasteiger partial charge in [0.05, 0.1) is 11.3 Å². The van der Waals surface area contributed by atoms with Crippen molar-refractivity contribution in [2.45, 2.75) is 65.2 Å². The number of carbonyl (C=O) groups is 2. The smallest absolute Gasteiger partial charge is 0.258 e. The number of amidine groups is 1. The third-order valence-electron chi connectivity index (χ3n) is 5.41. The highest BCUT2D eigenvalue weighted by Crippen LogP contribution is 2.51. The molecule has 0 saturated heterocycles. The van der Waals surface area contributed by atoms with Gasteiger partial charge in [-0.2, -0.15) is 0 Å². The van der Waals surface area contributed by atoms with Crippen LogP contribution in [0.2, 0.25) is 5.02 Å². The van der Waals surface area contributed by atoms with Crippen LogP contribution in [0.1, 0.15) is 60.3 Å². The number of halogens is 1. The van der Waals surface area contributed by atoms with Crippen molar-refractivity contribution in [3.63, 3.8) is 0 Å². The summed E-state index contributed by atoms with van der Waals surface area (Å²) in [5, 5.41) is 4.16. The predicted octanol–water partition coefficient (Wildman–Crippen LogP) is 6.38. The quantitative estimate of drug-likeness (QED) is 0.367. The van der Waals surface area contributed by atoms with E-state index in [0.29, 0.717) is 33.9 Å². The van der Waals surface area contributed by atoms with Crippen LogP contribution in [0.15, 0.2) is 50.3 Å². The number of hydrogen-bond acceptors (Lipinski definition) is 4. The number of aliphatic imine (C=N–C) groups is 1.